The van der Waals surface area contributed by atoms with Crippen molar-refractivity contribution >= 4 is 28.3 Å². The minimum absolute atomic E-state index is 0.206. The molecule has 1 aliphatic heterocycles. The molecule has 2 aromatic carbocycles. The van der Waals surface area contributed by atoms with Gasteiger partial charge in [0.15, 0.2) is 0 Å². The summed E-state index contributed by atoms with van der Waals surface area (Å²) in [5.41, 5.74) is 2.14. The normalized spacial score (nSPS) is 12.7. The molecule has 1 heterocycles. The third-order valence-electron chi connectivity index (χ3n) is 11.7. The zero-order valence-electron chi connectivity index (χ0n) is 36.7. The van der Waals surface area contributed by atoms with Crippen molar-refractivity contribution < 1.29 is 19.2 Å². The molecule has 2 aromatic rings. The minimum atomic E-state index is -0.206. The van der Waals surface area contributed by atoms with Gasteiger partial charge in [-0.3, -0.25) is 24.4 Å². The van der Waals surface area contributed by atoms with Crippen LogP contribution in [0.5, 0.6) is 0 Å². The van der Waals surface area contributed by atoms with E-state index in [4.69, 9.17) is 9.57 Å². The summed E-state index contributed by atoms with van der Waals surface area (Å²) in [5.74, 6) is -0.412. The second kappa shape index (κ2) is 31.5. The van der Waals surface area contributed by atoms with Crippen molar-refractivity contribution in [1.82, 2.24) is 4.90 Å². The fourth-order valence-electron chi connectivity index (χ4n) is 8.31. The van der Waals surface area contributed by atoms with Crippen LogP contribution in [0.3, 0.4) is 0 Å². The van der Waals surface area contributed by atoms with Crippen LogP contribution in [0.2, 0.25) is 0 Å². The molecule has 318 valence electrons. The molecule has 6 heteroatoms. The summed E-state index contributed by atoms with van der Waals surface area (Å²) < 4.78 is 5.92. The van der Waals surface area contributed by atoms with Crippen LogP contribution >= 0.6 is 0 Å². The summed E-state index contributed by atoms with van der Waals surface area (Å²) in [5, 5.41) is 3.65. The van der Waals surface area contributed by atoms with Gasteiger partial charge in [0.05, 0.1) is 12.3 Å². The number of imide groups is 1. The number of ether oxygens (including phenoxy) is 1. The average molecular weight is 777 g/mol. The molecule has 0 saturated carbocycles. The van der Waals surface area contributed by atoms with Crippen molar-refractivity contribution in [1.29, 1.82) is 0 Å². The molecule has 0 fully saturated rings. The highest BCUT2D eigenvalue weighted by atomic mass is 16.7. The monoisotopic (exact) mass is 777 g/mol. The first-order chi connectivity index (χ1) is 27.6. The lowest BCUT2D eigenvalue weighted by Crippen LogP contribution is -2.41. The molecule has 2 amide bonds. The first kappa shape index (κ1) is 47.9. The van der Waals surface area contributed by atoms with E-state index in [2.05, 4.69) is 20.8 Å². The molecule has 6 nitrogen and oxygen atoms in total. The van der Waals surface area contributed by atoms with Gasteiger partial charge in [0, 0.05) is 48.2 Å². The quantitative estimate of drug-likeness (QED) is 0.0386. The van der Waals surface area contributed by atoms with E-state index < -0.39 is 0 Å². The van der Waals surface area contributed by atoms with Crippen LogP contribution in [0.4, 0.5) is 5.69 Å². The minimum Gasteiger partial charge on any atom is -0.381 e. The molecule has 0 radical (unpaired) electrons. The number of anilines is 1. The lowest BCUT2D eigenvalue weighted by molar-refractivity contribution is 0.0582. The maximum atomic E-state index is 13.7. The van der Waals surface area contributed by atoms with Crippen molar-refractivity contribution in [3.05, 3.63) is 41.5 Å². The molecular formula is C50H84N2O4. The third-order valence-corrected chi connectivity index (χ3v) is 11.7. The van der Waals surface area contributed by atoms with Gasteiger partial charge in [-0.2, -0.15) is 0 Å². The number of nitrogens with zero attached hydrogens (tertiary/aromatic N) is 2. The van der Waals surface area contributed by atoms with Gasteiger partial charge in [-0.05, 0) is 43.9 Å². The lowest BCUT2D eigenvalue weighted by atomic mass is 9.93. The molecule has 3 rings (SSSR count). The number of benzene rings is 2. The van der Waals surface area contributed by atoms with Crippen LogP contribution in [-0.4, -0.2) is 49.6 Å². The Hall–Kier alpha value is -2.44. The summed E-state index contributed by atoms with van der Waals surface area (Å²) in [6.07, 6.45) is 39.1. The van der Waals surface area contributed by atoms with Gasteiger partial charge in [0.1, 0.15) is 0 Å². The van der Waals surface area contributed by atoms with Gasteiger partial charge < -0.3 is 4.74 Å². The van der Waals surface area contributed by atoms with E-state index >= 15 is 0 Å². The summed E-state index contributed by atoms with van der Waals surface area (Å²) in [6.45, 7) is 9.84. The van der Waals surface area contributed by atoms with E-state index in [9.17, 15) is 9.59 Å². The summed E-state index contributed by atoms with van der Waals surface area (Å²) in [6, 6.07) is 9.73. The maximum Gasteiger partial charge on any atom is 0.261 e. The first-order valence-electron chi connectivity index (χ1n) is 24.0. The van der Waals surface area contributed by atoms with Gasteiger partial charge in [-0.1, -0.05) is 200 Å². The number of hydrogen-bond donors (Lipinski definition) is 0. The Kier molecular flexibility index (Phi) is 27.0. The van der Waals surface area contributed by atoms with Crippen LogP contribution in [0.1, 0.15) is 234 Å². The predicted octanol–water partition coefficient (Wildman–Crippen LogP) is 15.0. The lowest BCUT2D eigenvalue weighted by Gasteiger charge is -2.30. The smallest absolute Gasteiger partial charge is 0.261 e. The molecule has 0 aliphatic carbocycles. The van der Waals surface area contributed by atoms with Gasteiger partial charge in [0.2, 0.25) is 0 Å². The number of rotatable bonds is 38. The van der Waals surface area contributed by atoms with Gasteiger partial charge in [-0.25, -0.2) is 0 Å². The Morgan fingerprint density at radius 2 is 0.893 bits per heavy atom. The molecule has 0 N–H and O–H groups in total. The second-order valence-electron chi connectivity index (χ2n) is 16.7. The van der Waals surface area contributed by atoms with E-state index in [0.29, 0.717) is 37.3 Å². The van der Waals surface area contributed by atoms with Crippen molar-refractivity contribution in [3.8, 4) is 0 Å². The Balaban J connectivity index is 1.31. The molecule has 56 heavy (non-hydrogen) atoms. The topological polar surface area (TPSA) is 59.1 Å². The zero-order valence-corrected chi connectivity index (χ0v) is 36.7. The summed E-state index contributed by atoms with van der Waals surface area (Å²) >= 11 is 0. The highest BCUT2D eigenvalue weighted by Crippen LogP contribution is 2.36. The van der Waals surface area contributed by atoms with E-state index in [1.807, 2.05) is 35.4 Å². The number of amides is 2. The molecular weight excluding hydrogens is 693 g/mol. The van der Waals surface area contributed by atoms with Crippen LogP contribution in [0.15, 0.2) is 30.3 Å². The largest absolute Gasteiger partial charge is 0.381 e. The average Bonchev–Trinajstić information content (AvgIpc) is 3.21. The van der Waals surface area contributed by atoms with Crippen molar-refractivity contribution in [3.63, 3.8) is 0 Å². The standard InChI is InChI=1S/C50H84N2O4/c1-4-7-9-11-13-15-17-19-21-23-25-27-29-31-41-55-42-34-40-51-49(53)45-36-33-35-44-47(38-37-46(48(44)45)50(51)54)52(39-6-3)56-43-32-30-28-26-24-22-20-18-16-14-12-10-8-5-2/h33,35-38H,4-32,34,39-43H2,1-3H3. The molecule has 0 spiro atoms. The fourth-order valence-corrected chi connectivity index (χ4v) is 8.31. The van der Waals surface area contributed by atoms with Crippen LogP contribution in [-0.2, 0) is 9.57 Å². The highest BCUT2D eigenvalue weighted by molar-refractivity contribution is 6.26. The van der Waals surface area contributed by atoms with E-state index in [-0.39, 0.29) is 11.8 Å². The van der Waals surface area contributed by atoms with E-state index in [1.54, 1.807) is 0 Å². The van der Waals surface area contributed by atoms with Crippen molar-refractivity contribution in [2.24, 2.45) is 0 Å². The molecule has 0 unspecified atom stereocenters. The van der Waals surface area contributed by atoms with E-state index in [1.165, 1.54) is 172 Å². The third kappa shape index (κ3) is 18.4. The summed E-state index contributed by atoms with van der Waals surface area (Å²) in [4.78, 5) is 35.2. The first-order valence-corrected chi connectivity index (χ1v) is 24.0. The van der Waals surface area contributed by atoms with E-state index in [0.717, 1.165) is 48.9 Å². The number of hydrogen-bond acceptors (Lipinski definition) is 5. The molecule has 0 atom stereocenters. The van der Waals surface area contributed by atoms with Gasteiger partial charge in [-0.15, -0.1) is 0 Å². The maximum absolute atomic E-state index is 13.7. The number of hydroxylamine groups is 1. The molecule has 1 aliphatic rings. The molecule has 0 saturated heterocycles. The number of carbonyl (C=O) groups is 2. The Bertz CT molecular complexity index is 1290. The SMILES string of the molecule is CCCCCCCCCCCCCCCCOCCCN1C(=O)c2cccc3c(N(CCC)OCCCCCCCCCCCCCCCC)ccc(c23)C1=O. The van der Waals surface area contributed by atoms with Gasteiger partial charge in [0.25, 0.3) is 11.8 Å². The highest BCUT2D eigenvalue weighted by Gasteiger charge is 2.33. The van der Waals surface area contributed by atoms with Crippen molar-refractivity contribution in [2.45, 2.75) is 213 Å². The van der Waals surface area contributed by atoms with Crippen LogP contribution in [0.25, 0.3) is 10.8 Å². The Morgan fingerprint density at radius 3 is 1.38 bits per heavy atom. The van der Waals surface area contributed by atoms with Gasteiger partial charge >= 0.3 is 0 Å². The summed E-state index contributed by atoms with van der Waals surface area (Å²) in [7, 11) is 0. The van der Waals surface area contributed by atoms with Crippen LogP contribution < -0.4 is 5.06 Å². The molecule has 0 bridgehead atoms. The second-order valence-corrected chi connectivity index (χ2v) is 16.7. The Morgan fingerprint density at radius 1 is 0.464 bits per heavy atom. The number of carbonyl (C=O) groups excluding carboxylic acids is 2. The van der Waals surface area contributed by atoms with Crippen molar-refractivity contribution in [2.75, 3.05) is 38.0 Å². The Labute approximate surface area is 344 Å². The van der Waals surface area contributed by atoms with Crippen LogP contribution in [0, 0.1) is 0 Å². The fraction of sp³-hybridized carbons (Fsp3) is 0.760. The zero-order chi connectivity index (χ0) is 39.9. The predicted molar refractivity (Wildman–Crippen MR) is 239 cm³/mol. The number of unbranched alkanes of at least 4 members (excludes halogenated alkanes) is 26. The molecule has 0 aromatic heterocycles.